The first-order chi connectivity index (χ1) is 11.0. The van der Waals surface area contributed by atoms with Crippen LogP contribution in [0.15, 0.2) is 48.5 Å². The molecule has 2 aromatic carbocycles. The minimum absolute atomic E-state index is 0.0616. The molecule has 0 heterocycles. The number of rotatable bonds is 4. The van der Waals surface area contributed by atoms with Gasteiger partial charge in [0.2, 0.25) is 0 Å². The summed E-state index contributed by atoms with van der Waals surface area (Å²) < 4.78 is 13.2. The average molecular weight is 336 g/mol. The van der Waals surface area contributed by atoms with E-state index in [-0.39, 0.29) is 5.02 Å². The zero-order valence-corrected chi connectivity index (χ0v) is 13.0. The van der Waals surface area contributed by atoms with Crippen molar-refractivity contribution in [3.8, 4) is 0 Å². The molecule has 0 aliphatic rings. The average Bonchev–Trinajstić information content (AvgIpc) is 2.56. The van der Waals surface area contributed by atoms with Gasteiger partial charge >= 0.3 is 6.03 Å². The van der Waals surface area contributed by atoms with E-state index in [0.717, 1.165) is 0 Å². The van der Waals surface area contributed by atoms with Crippen molar-refractivity contribution in [3.05, 3.63) is 64.9 Å². The third-order valence-electron chi connectivity index (χ3n) is 3.09. The number of urea groups is 1. The second-order valence-corrected chi connectivity index (χ2v) is 5.09. The summed E-state index contributed by atoms with van der Waals surface area (Å²) in [6.07, 6.45) is 0. The molecule has 2 rings (SSSR count). The van der Waals surface area contributed by atoms with E-state index in [1.165, 1.54) is 25.2 Å². The Balaban J connectivity index is 2.28. The van der Waals surface area contributed by atoms with Crippen molar-refractivity contribution in [2.24, 2.45) is 0 Å². The Morgan fingerprint density at radius 2 is 1.83 bits per heavy atom. The number of nitrogens with one attached hydrogen (secondary N) is 3. The molecule has 120 valence electrons. The van der Waals surface area contributed by atoms with E-state index >= 15 is 0 Å². The van der Waals surface area contributed by atoms with Gasteiger partial charge in [-0.05, 0) is 23.8 Å². The van der Waals surface area contributed by atoms with Gasteiger partial charge < -0.3 is 10.6 Å². The van der Waals surface area contributed by atoms with Gasteiger partial charge in [-0.15, -0.1) is 0 Å². The molecule has 0 bridgehead atoms. The van der Waals surface area contributed by atoms with Crippen LogP contribution in [0.25, 0.3) is 0 Å². The predicted molar refractivity (Wildman–Crippen MR) is 86.8 cm³/mol. The van der Waals surface area contributed by atoms with Crippen LogP contribution < -0.4 is 16.0 Å². The van der Waals surface area contributed by atoms with E-state index in [0.29, 0.717) is 11.3 Å². The molecule has 0 aliphatic carbocycles. The fraction of sp³-hybridized carbons (Fsp3) is 0.125. The molecule has 7 heteroatoms. The highest BCUT2D eigenvalue weighted by atomic mass is 35.5. The highest BCUT2D eigenvalue weighted by Crippen LogP contribution is 2.24. The van der Waals surface area contributed by atoms with Crippen LogP contribution in [0.3, 0.4) is 0 Å². The summed E-state index contributed by atoms with van der Waals surface area (Å²) in [5, 5.41) is 7.42. The number of carbonyl (C=O) groups is 2. The summed E-state index contributed by atoms with van der Waals surface area (Å²) in [6, 6.07) is 11.4. The molecule has 1 atom stereocenters. The minimum Gasteiger partial charge on any atom is -0.370 e. The Morgan fingerprint density at radius 3 is 2.43 bits per heavy atom. The summed E-state index contributed by atoms with van der Waals surface area (Å²) in [6.45, 7) is 0. The van der Waals surface area contributed by atoms with Crippen molar-refractivity contribution in [2.75, 3.05) is 12.4 Å². The lowest BCUT2D eigenvalue weighted by atomic mass is 10.1. The lowest BCUT2D eigenvalue weighted by Crippen LogP contribution is -2.42. The summed E-state index contributed by atoms with van der Waals surface area (Å²) in [5.74, 6) is -1.10. The van der Waals surface area contributed by atoms with Gasteiger partial charge in [0.15, 0.2) is 0 Å². The maximum absolute atomic E-state index is 13.2. The lowest BCUT2D eigenvalue weighted by Gasteiger charge is -2.19. The molecule has 23 heavy (non-hydrogen) atoms. The van der Waals surface area contributed by atoms with E-state index in [2.05, 4.69) is 16.0 Å². The molecule has 3 N–H and O–H groups in total. The summed E-state index contributed by atoms with van der Waals surface area (Å²) in [7, 11) is 1.41. The molecule has 5 nitrogen and oxygen atoms in total. The zero-order chi connectivity index (χ0) is 16.8. The first-order valence-electron chi connectivity index (χ1n) is 6.80. The van der Waals surface area contributed by atoms with Crippen molar-refractivity contribution >= 4 is 29.2 Å². The number of hydrogen-bond acceptors (Lipinski definition) is 3. The Kier molecular flexibility index (Phi) is 5.54. The number of carbonyl (C=O) groups excluding carboxylic acids is 2. The second-order valence-electron chi connectivity index (χ2n) is 4.69. The lowest BCUT2D eigenvalue weighted by molar-refractivity contribution is -0.120. The van der Waals surface area contributed by atoms with Crippen LogP contribution in [-0.2, 0) is 4.79 Å². The van der Waals surface area contributed by atoms with Gasteiger partial charge in [0.05, 0.1) is 5.02 Å². The van der Waals surface area contributed by atoms with Crippen molar-refractivity contribution in [1.82, 2.24) is 10.6 Å². The first kappa shape index (κ1) is 16.8. The molecular weight excluding hydrogens is 321 g/mol. The Labute approximate surface area is 137 Å². The molecule has 2 aromatic rings. The van der Waals surface area contributed by atoms with Gasteiger partial charge in [0, 0.05) is 12.7 Å². The summed E-state index contributed by atoms with van der Waals surface area (Å²) >= 11 is 5.75. The van der Waals surface area contributed by atoms with Crippen molar-refractivity contribution in [2.45, 2.75) is 6.04 Å². The Hall–Kier alpha value is -2.60. The van der Waals surface area contributed by atoms with E-state index in [9.17, 15) is 14.0 Å². The van der Waals surface area contributed by atoms with Crippen LogP contribution in [0.5, 0.6) is 0 Å². The van der Waals surface area contributed by atoms with E-state index in [1.54, 1.807) is 24.3 Å². The second kappa shape index (κ2) is 7.60. The van der Waals surface area contributed by atoms with Gasteiger partial charge in [-0.1, -0.05) is 41.9 Å². The molecule has 0 saturated carbocycles. The number of halogens is 2. The molecule has 0 aromatic heterocycles. The molecule has 0 radical (unpaired) electrons. The molecular formula is C16H15ClFN3O2. The minimum atomic E-state index is -0.838. The number of hydrogen-bond donors (Lipinski definition) is 3. The first-order valence-corrected chi connectivity index (χ1v) is 7.18. The topological polar surface area (TPSA) is 70.2 Å². The van der Waals surface area contributed by atoms with Crippen molar-refractivity contribution in [3.63, 3.8) is 0 Å². The van der Waals surface area contributed by atoms with Gasteiger partial charge in [0.1, 0.15) is 11.9 Å². The largest absolute Gasteiger partial charge is 0.370 e. The van der Waals surface area contributed by atoms with E-state index in [4.69, 9.17) is 11.6 Å². The normalized spacial score (nSPS) is 11.4. The molecule has 3 amide bonds. The van der Waals surface area contributed by atoms with Crippen molar-refractivity contribution in [1.29, 1.82) is 0 Å². The fourth-order valence-electron chi connectivity index (χ4n) is 1.94. The maximum atomic E-state index is 13.2. The highest BCUT2D eigenvalue weighted by Gasteiger charge is 2.22. The third kappa shape index (κ3) is 4.43. The van der Waals surface area contributed by atoms with Gasteiger partial charge in [-0.2, -0.15) is 0 Å². The van der Waals surface area contributed by atoms with Crippen LogP contribution in [0.2, 0.25) is 5.02 Å². The Morgan fingerprint density at radius 1 is 1.13 bits per heavy atom. The number of anilines is 1. The van der Waals surface area contributed by atoms with Crippen molar-refractivity contribution < 1.29 is 14.0 Å². The fourth-order valence-corrected chi connectivity index (χ4v) is 2.13. The standard InChI is InChI=1S/C16H15ClFN3O2/c1-19-16(23)21-15(22)14(10-5-3-2-4-6-10)20-11-7-8-13(18)12(17)9-11/h2-9,14,20H,1H3,(H2,19,21,22,23)/t14-/m1/s1. The number of amides is 3. The molecule has 0 unspecified atom stereocenters. The van der Waals surface area contributed by atoms with Crippen LogP contribution in [0.1, 0.15) is 11.6 Å². The quantitative estimate of drug-likeness (QED) is 0.804. The van der Waals surface area contributed by atoms with Crippen LogP contribution in [0, 0.1) is 5.82 Å². The van der Waals surface area contributed by atoms with E-state index in [1.807, 2.05) is 6.07 Å². The monoisotopic (exact) mass is 335 g/mol. The predicted octanol–water partition coefficient (Wildman–Crippen LogP) is 3.09. The summed E-state index contributed by atoms with van der Waals surface area (Å²) in [5.41, 5.74) is 1.10. The SMILES string of the molecule is CNC(=O)NC(=O)[C@H](Nc1ccc(F)c(Cl)c1)c1ccccc1. The number of benzene rings is 2. The van der Waals surface area contributed by atoms with Crippen LogP contribution in [-0.4, -0.2) is 19.0 Å². The van der Waals surface area contributed by atoms with E-state index < -0.39 is 23.8 Å². The smallest absolute Gasteiger partial charge is 0.321 e. The molecule has 0 saturated heterocycles. The number of imide groups is 1. The van der Waals surface area contributed by atoms with Crippen LogP contribution in [0.4, 0.5) is 14.9 Å². The molecule has 0 aliphatic heterocycles. The van der Waals surface area contributed by atoms with Gasteiger partial charge in [-0.25, -0.2) is 9.18 Å². The van der Waals surface area contributed by atoms with Gasteiger partial charge in [-0.3, -0.25) is 10.1 Å². The van der Waals surface area contributed by atoms with Gasteiger partial charge in [0.25, 0.3) is 5.91 Å². The molecule has 0 spiro atoms. The highest BCUT2D eigenvalue weighted by molar-refractivity contribution is 6.31. The van der Waals surface area contributed by atoms with Crippen LogP contribution >= 0.6 is 11.6 Å². The summed E-state index contributed by atoms with van der Waals surface area (Å²) in [4.78, 5) is 23.7. The Bertz CT molecular complexity index is 710. The maximum Gasteiger partial charge on any atom is 0.321 e. The third-order valence-corrected chi connectivity index (χ3v) is 3.38. The molecule has 0 fully saturated rings. The zero-order valence-electron chi connectivity index (χ0n) is 12.3.